The van der Waals surface area contributed by atoms with E-state index < -0.39 is 0 Å². The molecule has 4 heteroatoms. The Morgan fingerprint density at radius 2 is 2.35 bits per heavy atom. The lowest BCUT2D eigenvalue weighted by molar-refractivity contribution is 0.726. The van der Waals surface area contributed by atoms with Crippen LogP contribution in [0.25, 0.3) is 5.69 Å². The summed E-state index contributed by atoms with van der Waals surface area (Å²) in [4.78, 5) is 3.99. The van der Waals surface area contributed by atoms with Crippen molar-refractivity contribution in [3.63, 3.8) is 0 Å². The van der Waals surface area contributed by atoms with Crippen LogP contribution < -0.4 is 5.32 Å². The third-order valence-electron chi connectivity index (χ3n) is 2.51. The van der Waals surface area contributed by atoms with Gasteiger partial charge < -0.3 is 5.32 Å². The molecule has 0 fully saturated rings. The van der Waals surface area contributed by atoms with Crippen molar-refractivity contribution < 1.29 is 0 Å². The van der Waals surface area contributed by atoms with Crippen LogP contribution in [0.5, 0.6) is 0 Å². The third kappa shape index (κ3) is 2.52. The number of aromatic nitrogens is 2. The number of nitrogens with one attached hydrogen (secondary N) is 1. The van der Waals surface area contributed by atoms with Crippen molar-refractivity contribution >= 4 is 0 Å². The zero-order valence-electron chi connectivity index (χ0n) is 9.72. The standard InChI is InChI=1S/C13H14N4/c1-2-15-10-11-4-3-5-12(8-11)17-7-6-16-13(17)9-14/h3-8,15H,2,10H2,1H3. The molecule has 0 aliphatic rings. The SMILES string of the molecule is CCNCc1cccc(-n2ccnc2C#N)c1. The van der Waals surface area contributed by atoms with Gasteiger partial charge in [0.05, 0.1) is 0 Å². The molecule has 17 heavy (non-hydrogen) atoms. The normalized spacial score (nSPS) is 10.1. The van der Waals surface area contributed by atoms with Crippen LogP contribution >= 0.6 is 0 Å². The van der Waals surface area contributed by atoms with Crippen molar-refractivity contribution in [1.29, 1.82) is 5.26 Å². The second-order valence-corrected chi connectivity index (χ2v) is 3.68. The van der Waals surface area contributed by atoms with E-state index in [1.54, 1.807) is 17.0 Å². The molecule has 86 valence electrons. The predicted octanol–water partition coefficient (Wildman–Crippen LogP) is 1.85. The second-order valence-electron chi connectivity index (χ2n) is 3.68. The highest BCUT2D eigenvalue weighted by atomic mass is 15.1. The van der Waals surface area contributed by atoms with E-state index >= 15 is 0 Å². The van der Waals surface area contributed by atoms with Crippen LogP contribution in [-0.4, -0.2) is 16.1 Å². The van der Waals surface area contributed by atoms with Crippen molar-refractivity contribution in [2.45, 2.75) is 13.5 Å². The van der Waals surface area contributed by atoms with Crippen LogP contribution in [0.3, 0.4) is 0 Å². The number of nitrogens with zero attached hydrogens (tertiary/aromatic N) is 3. The molecule has 0 aliphatic carbocycles. The Morgan fingerprint density at radius 3 is 3.12 bits per heavy atom. The Hall–Kier alpha value is -2.12. The Morgan fingerprint density at radius 1 is 1.47 bits per heavy atom. The lowest BCUT2D eigenvalue weighted by Gasteiger charge is -2.07. The van der Waals surface area contributed by atoms with Gasteiger partial charge in [-0.1, -0.05) is 19.1 Å². The summed E-state index contributed by atoms with van der Waals surface area (Å²) < 4.78 is 1.79. The Balaban J connectivity index is 2.30. The summed E-state index contributed by atoms with van der Waals surface area (Å²) in [7, 11) is 0. The van der Waals surface area contributed by atoms with Crippen LogP contribution in [0, 0.1) is 11.3 Å². The third-order valence-corrected chi connectivity index (χ3v) is 2.51. The first kappa shape index (κ1) is 11.4. The van der Waals surface area contributed by atoms with Gasteiger partial charge in [-0.3, -0.25) is 4.57 Å². The van der Waals surface area contributed by atoms with Crippen LogP contribution in [0.15, 0.2) is 36.7 Å². The maximum absolute atomic E-state index is 8.93. The van der Waals surface area contributed by atoms with Gasteiger partial charge in [0.25, 0.3) is 0 Å². The quantitative estimate of drug-likeness (QED) is 0.865. The molecule has 1 N–H and O–H groups in total. The fraction of sp³-hybridized carbons (Fsp3) is 0.231. The van der Waals surface area contributed by atoms with Crippen LogP contribution in [0.2, 0.25) is 0 Å². The summed E-state index contributed by atoms with van der Waals surface area (Å²) in [6, 6.07) is 10.2. The topological polar surface area (TPSA) is 53.6 Å². The zero-order chi connectivity index (χ0) is 12.1. The monoisotopic (exact) mass is 226 g/mol. The van der Waals surface area contributed by atoms with Crippen molar-refractivity contribution in [2.24, 2.45) is 0 Å². The first-order valence-electron chi connectivity index (χ1n) is 5.58. The molecule has 2 rings (SSSR count). The zero-order valence-corrected chi connectivity index (χ0v) is 9.72. The van der Waals surface area contributed by atoms with Crippen LogP contribution in [0.4, 0.5) is 0 Å². The van der Waals surface area contributed by atoms with Gasteiger partial charge in [-0.05, 0) is 24.2 Å². The van der Waals surface area contributed by atoms with Crippen LogP contribution in [0.1, 0.15) is 18.3 Å². The lowest BCUT2D eigenvalue weighted by atomic mass is 10.2. The van der Waals surface area contributed by atoms with E-state index in [0.29, 0.717) is 5.82 Å². The van der Waals surface area contributed by atoms with Crippen LogP contribution in [-0.2, 0) is 6.54 Å². The molecule has 0 unspecified atom stereocenters. The highest BCUT2D eigenvalue weighted by molar-refractivity contribution is 5.39. The van der Waals surface area contributed by atoms with Crippen molar-refractivity contribution in [3.05, 3.63) is 48.0 Å². The fourth-order valence-corrected chi connectivity index (χ4v) is 1.68. The predicted molar refractivity (Wildman–Crippen MR) is 65.7 cm³/mol. The maximum Gasteiger partial charge on any atom is 0.217 e. The summed E-state index contributed by atoms with van der Waals surface area (Å²) in [5, 5.41) is 12.2. The average molecular weight is 226 g/mol. The molecule has 1 heterocycles. The van der Waals surface area contributed by atoms with E-state index in [2.05, 4.69) is 35.4 Å². The van der Waals surface area contributed by atoms with E-state index in [-0.39, 0.29) is 0 Å². The molecule has 0 saturated carbocycles. The van der Waals surface area contributed by atoms with Gasteiger partial charge in [-0.2, -0.15) is 5.26 Å². The van der Waals surface area contributed by atoms with E-state index in [0.717, 1.165) is 18.8 Å². The number of rotatable bonds is 4. The minimum absolute atomic E-state index is 0.408. The number of benzene rings is 1. The molecule has 0 amide bonds. The maximum atomic E-state index is 8.93. The summed E-state index contributed by atoms with van der Waals surface area (Å²) >= 11 is 0. The molecule has 0 bridgehead atoms. The summed E-state index contributed by atoms with van der Waals surface area (Å²) in [5.41, 5.74) is 2.16. The molecular formula is C13H14N4. The molecule has 0 radical (unpaired) electrons. The summed E-state index contributed by atoms with van der Waals surface area (Å²) in [5.74, 6) is 0.408. The number of hydrogen-bond acceptors (Lipinski definition) is 3. The Labute approximate surface area is 101 Å². The molecule has 1 aromatic heterocycles. The minimum Gasteiger partial charge on any atom is -0.313 e. The average Bonchev–Trinajstić information content (AvgIpc) is 2.85. The first-order valence-corrected chi connectivity index (χ1v) is 5.58. The summed E-state index contributed by atoms with van der Waals surface area (Å²) in [6.07, 6.45) is 3.43. The van der Waals surface area contributed by atoms with Gasteiger partial charge in [0.1, 0.15) is 6.07 Å². The molecule has 4 nitrogen and oxygen atoms in total. The van der Waals surface area contributed by atoms with Gasteiger partial charge in [-0.25, -0.2) is 4.98 Å². The second kappa shape index (κ2) is 5.28. The van der Waals surface area contributed by atoms with E-state index in [1.165, 1.54) is 5.56 Å². The van der Waals surface area contributed by atoms with Gasteiger partial charge in [0.2, 0.25) is 5.82 Å². The highest BCUT2D eigenvalue weighted by Crippen LogP contribution is 2.12. The molecule has 0 spiro atoms. The van der Waals surface area contributed by atoms with E-state index in [4.69, 9.17) is 5.26 Å². The molecule has 0 aliphatic heterocycles. The molecule has 0 saturated heterocycles. The molecular weight excluding hydrogens is 212 g/mol. The van der Waals surface area contributed by atoms with Crippen molar-refractivity contribution in [2.75, 3.05) is 6.54 Å². The smallest absolute Gasteiger partial charge is 0.217 e. The van der Waals surface area contributed by atoms with Gasteiger partial charge >= 0.3 is 0 Å². The minimum atomic E-state index is 0.408. The fourth-order valence-electron chi connectivity index (χ4n) is 1.68. The Kier molecular flexibility index (Phi) is 3.53. The lowest BCUT2D eigenvalue weighted by Crippen LogP contribution is -2.11. The number of nitriles is 1. The Bertz CT molecular complexity index is 536. The van der Waals surface area contributed by atoms with Gasteiger partial charge in [0.15, 0.2) is 0 Å². The number of imidazole rings is 1. The van der Waals surface area contributed by atoms with Gasteiger partial charge in [-0.15, -0.1) is 0 Å². The molecule has 0 atom stereocenters. The molecule has 1 aromatic carbocycles. The number of hydrogen-bond donors (Lipinski definition) is 1. The van der Waals surface area contributed by atoms with Gasteiger partial charge in [0, 0.05) is 24.6 Å². The highest BCUT2D eigenvalue weighted by Gasteiger charge is 2.03. The first-order chi connectivity index (χ1) is 8.35. The van der Waals surface area contributed by atoms with E-state index in [1.807, 2.05) is 12.1 Å². The molecule has 2 aromatic rings. The largest absolute Gasteiger partial charge is 0.313 e. The van der Waals surface area contributed by atoms with Crippen molar-refractivity contribution in [1.82, 2.24) is 14.9 Å². The van der Waals surface area contributed by atoms with E-state index in [9.17, 15) is 0 Å². The van der Waals surface area contributed by atoms with Crippen molar-refractivity contribution in [3.8, 4) is 11.8 Å². The summed E-state index contributed by atoms with van der Waals surface area (Å²) in [6.45, 7) is 3.85.